The third-order valence-corrected chi connectivity index (χ3v) is 4.78. The standard InChI is InChI=1S/C16H24BrN5O2/c1-3-4-7-10(2)24-16-20-13(18)12-14(21-16)22(15(17)19-12)11-8-5-6-9-23-11/h10-11H,3-9H2,1-2H3,(H2,18,20,21). The summed E-state index contributed by atoms with van der Waals surface area (Å²) in [4.78, 5) is 13.3. The normalized spacial score (nSPS) is 19.5. The molecule has 3 heterocycles. The highest BCUT2D eigenvalue weighted by Gasteiger charge is 2.24. The minimum atomic E-state index is -0.0854. The number of anilines is 1. The Morgan fingerprint density at radius 2 is 2.21 bits per heavy atom. The van der Waals surface area contributed by atoms with E-state index in [0.717, 1.165) is 45.1 Å². The average Bonchev–Trinajstić information content (AvgIpc) is 2.90. The van der Waals surface area contributed by atoms with Crippen LogP contribution < -0.4 is 10.5 Å². The Labute approximate surface area is 150 Å². The number of halogens is 1. The highest BCUT2D eigenvalue weighted by Crippen LogP contribution is 2.32. The van der Waals surface area contributed by atoms with Crippen molar-refractivity contribution in [1.29, 1.82) is 0 Å². The highest BCUT2D eigenvalue weighted by molar-refractivity contribution is 9.10. The van der Waals surface area contributed by atoms with Gasteiger partial charge in [0.15, 0.2) is 21.7 Å². The van der Waals surface area contributed by atoms with Crippen molar-refractivity contribution in [3.63, 3.8) is 0 Å². The number of ether oxygens (including phenoxy) is 2. The molecule has 132 valence electrons. The van der Waals surface area contributed by atoms with Gasteiger partial charge < -0.3 is 15.2 Å². The minimum Gasteiger partial charge on any atom is -0.460 e. The molecule has 3 rings (SSSR count). The third-order valence-electron chi connectivity index (χ3n) is 4.22. The predicted molar refractivity (Wildman–Crippen MR) is 95.9 cm³/mol. The molecule has 2 N–H and O–H groups in total. The van der Waals surface area contributed by atoms with Crippen LogP contribution in [0.3, 0.4) is 0 Å². The number of fused-ring (bicyclic) bond motifs is 1. The van der Waals surface area contributed by atoms with E-state index in [9.17, 15) is 0 Å². The molecule has 0 spiro atoms. The smallest absolute Gasteiger partial charge is 0.320 e. The molecule has 2 aromatic rings. The molecule has 7 nitrogen and oxygen atoms in total. The maximum Gasteiger partial charge on any atom is 0.320 e. The second-order valence-corrected chi connectivity index (χ2v) is 6.92. The van der Waals surface area contributed by atoms with E-state index in [2.05, 4.69) is 37.8 Å². The number of hydrogen-bond donors (Lipinski definition) is 1. The first-order valence-electron chi connectivity index (χ1n) is 8.59. The fraction of sp³-hybridized carbons (Fsp3) is 0.688. The lowest BCUT2D eigenvalue weighted by Gasteiger charge is -2.24. The van der Waals surface area contributed by atoms with Gasteiger partial charge in [-0.3, -0.25) is 4.57 Å². The van der Waals surface area contributed by atoms with E-state index in [1.54, 1.807) is 0 Å². The number of nitrogens with zero attached hydrogens (tertiary/aromatic N) is 4. The van der Waals surface area contributed by atoms with E-state index in [1.165, 1.54) is 0 Å². The zero-order valence-electron chi connectivity index (χ0n) is 14.2. The molecule has 0 saturated carbocycles. The highest BCUT2D eigenvalue weighted by atomic mass is 79.9. The first-order chi connectivity index (χ1) is 11.6. The van der Waals surface area contributed by atoms with Crippen molar-refractivity contribution in [2.24, 2.45) is 0 Å². The number of unbranched alkanes of at least 4 members (excludes halogenated alkanes) is 1. The van der Waals surface area contributed by atoms with Gasteiger partial charge in [-0.05, 0) is 48.5 Å². The summed E-state index contributed by atoms with van der Waals surface area (Å²) in [6.07, 6.45) is 6.30. The van der Waals surface area contributed by atoms with Crippen LogP contribution in [0.1, 0.15) is 58.6 Å². The SMILES string of the molecule is CCCCC(C)Oc1nc(N)c2nc(Br)n(C3CCCCO3)c2n1. The lowest BCUT2D eigenvalue weighted by molar-refractivity contribution is -0.0311. The van der Waals surface area contributed by atoms with Crippen LogP contribution in [-0.4, -0.2) is 32.2 Å². The number of rotatable bonds is 6. The van der Waals surface area contributed by atoms with Gasteiger partial charge >= 0.3 is 6.01 Å². The van der Waals surface area contributed by atoms with Crippen LogP contribution in [0.2, 0.25) is 0 Å². The maximum atomic E-state index is 6.08. The van der Waals surface area contributed by atoms with E-state index >= 15 is 0 Å². The van der Waals surface area contributed by atoms with Gasteiger partial charge in [0.2, 0.25) is 0 Å². The summed E-state index contributed by atoms with van der Waals surface area (Å²) in [5, 5.41) is 0. The van der Waals surface area contributed by atoms with Crippen LogP contribution in [0.15, 0.2) is 4.73 Å². The Morgan fingerprint density at radius 1 is 1.38 bits per heavy atom. The molecule has 1 saturated heterocycles. The summed E-state index contributed by atoms with van der Waals surface area (Å²) < 4.78 is 14.3. The minimum absolute atomic E-state index is 0.0487. The molecule has 1 fully saturated rings. The number of nitrogen functional groups attached to an aromatic ring is 1. The largest absolute Gasteiger partial charge is 0.460 e. The summed E-state index contributed by atoms with van der Waals surface area (Å²) in [5.74, 6) is 0.327. The van der Waals surface area contributed by atoms with Gasteiger partial charge in [0, 0.05) is 6.61 Å². The van der Waals surface area contributed by atoms with Gasteiger partial charge in [-0.25, -0.2) is 4.98 Å². The van der Waals surface area contributed by atoms with E-state index in [1.807, 2.05) is 11.5 Å². The lowest BCUT2D eigenvalue weighted by atomic mass is 10.2. The molecule has 0 amide bonds. The van der Waals surface area contributed by atoms with Gasteiger partial charge in [0.1, 0.15) is 6.23 Å². The fourth-order valence-electron chi connectivity index (χ4n) is 2.91. The maximum absolute atomic E-state index is 6.08. The molecule has 24 heavy (non-hydrogen) atoms. The van der Waals surface area contributed by atoms with Crippen LogP contribution in [0.5, 0.6) is 6.01 Å². The van der Waals surface area contributed by atoms with Gasteiger partial charge in [-0.15, -0.1) is 0 Å². The number of hydrogen-bond acceptors (Lipinski definition) is 6. The van der Waals surface area contributed by atoms with Gasteiger partial charge in [0.25, 0.3) is 0 Å². The zero-order valence-corrected chi connectivity index (χ0v) is 15.8. The average molecular weight is 398 g/mol. The molecule has 0 aliphatic carbocycles. The Balaban J connectivity index is 1.92. The fourth-order valence-corrected chi connectivity index (χ4v) is 3.49. The molecule has 2 unspecified atom stereocenters. The van der Waals surface area contributed by atoms with Crippen LogP contribution in [0.4, 0.5) is 5.82 Å². The first-order valence-corrected chi connectivity index (χ1v) is 9.38. The van der Waals surface area contributed by atoms with Crippen molar-refractivity contribution in [1.82, 2.24) is 19.5 Å². The van der Waals surface area contributed by atoms with Crippen LogP contribution in [-0.2, 0) is 4.74 Å². The van der Waals surface area contributed by atoms with Crippen molar-refractivity contribution < 1.29 is 9.47 Å². The molecule has 2 aromatic heterocycles. The number of nitrogens with two attached hydrogens (primary N) is 1. The Kier molecular flexibility index (Phi) is 5.55. The Morgan fingerprint density at radius 3 is 2.92 bits per heavy atom. The van der Waals surface area contributed by atoms with E-state index in [4.69, 9.17) is 15.2 Å². The number of imidazole rings is 1. The molecule has 8 heteroatoms. The predicted octanol–water partition coefficient (Wildman–Crippen LogP) is 3.83. The molecular weight excluding hydrogens is 374 g/mol. The Hall–Kier alpha value is -1.41. The van der Waals surface area contributed by atoms with E-state index in [-0.39, 0.29) is 12.3 Å². The molecule has 1 aliphatic heterocycles. The van der Waals surface area contributed by atoms with Gasteiger partial charge in [0.05, 0.1) is 6.10 Å². The van der Waals surface area contributed by atoms with Crippen molar-refractivity contribution in [2.45, 2.75) is 64.7 Å². The summed E-state index contributed by atoms with van der Waals surface area (Å²) >= 11 is 3.50. The van der Waals surface area contributed by atoms with Crippen molar-refractivity contribution in [3.8, 4) is 6.01 Å². The zero-order chi connectivity index (χ0) is 17.1. The molecule has 0 radical (unpaired) electrons. The molecule has 0 aromatic carbocycles. The first kappa shape index (κ1) is 17.4. The topological polar surface area (TPSA) is 88.1 Å². The van der Waals surface area contributed by atoms with E-state index in [0.29, 0.717) is 27.7 Å². The van der Waals surface area contributed by atoms with Crippen molar-refractivity contribution in [2.75, 3.05) is 12.3 Å². The second-order valence-electron chi connectivity index (χ2n) is 6.21. The van der Waals surface area contributed by atoms with Crippen molar-refractivity contribution in [3.05, 3.63) is 4.73 Å². The quantitative estimate of drug-likeness (QED) is 0.745. The lowest BCUT2D eigenvalue weighted by Crippen LogP contribution is -2.19. The molecule has 1 aliphatic rings. The van der Waals surface area contributed by atoms with E-state index < -0.39 is 0 Å². The van der Waals surface area contributed by atoms with Gasteiger partial charge in [-0.1, -0.05) is 19.8 Å². The monoisotopic (exact) mass is 397 g/mol. The van der Waals surface area contributed by atoms with Crippen molar-refractivity contribution >= 4 is 32.9 Å². The summed E-state index contributed by atoms with van der Waals surface area (Å²) in [7, 11) is 0. The summed E-state index contributed by atoms with van der Waals surface area (Å²) in [5.41, 5.74) is 7.30. The van der Waals surface area contributed by atoms with Crippen LogP contribution in [0, 0.1) is 0 Å². The molecule has 0 bridgehead atoms. The Bertz CT molecular complexity index is 699. The number of aromatic nitrogens is 4. The third kappa shape index (κ3) is 3.64. The van der Waals surface area contributed by atoms with Gasteiger partial charge in [-0.2, -0.15) is 9.97 Å². The van der Waals surface area contributed by atoms with Crippen LogP contribution >= 0.6 is 15.9 Å². The summed E-state index contributed by atoms with van der Waals surface area (Å²) in [6.45, 7) is 4.93. The molecular formula is C16H24BrN5O2. The van der Waals surface area contributed by atoms with Crippen LogP contribution in [0.25, 0.3) is 11.2 Å². The molecule has 2 atom stereocenters. The summed E-state index contributed by atoms with van der Waals surface area (Å²) in [6, 6.07) is 0.299. The second kappa shape index (κ2) is 7.65.